The number of nitrogens with one attached hydrogen (secondary N) is 2. The second-order valence-corrected chi connectivity index (χ2v) is 4.17. The quantitative estimate of drug-likeness (QED) is 0.747. The normalized spacial score (nSPS) is 11.4. The molecular formula is C14H23ClN2O. The number of carbonyl (C=O) groups excluding carboxylic acids is 1. The summed E-state index contributed by atoms with van der Waals surface area (Å²) in [4.78, 5) is 11.7. The van der Waals surface area contributed by atoms with Crippen LogP contribution in [0.5, 0.6) is 0 Å². The minimum absolute atomic E-state index is 0. The Balaban J connectivity index is 0.00000289. The minimum Gasteiger partial charge on any atom is -0.355 e. The molecule has 18 heavy (non-hydrogen) atoms. The van der Waals surface area contributed by atoms with Crippen molar-refractivity contribution in [1.29, 1.82) is 0 Å². The molecule has 0 aliphatic carbocycles. The van der Waals surface area contributed by atoms with Crippen molar-refractivity contribution in [1.82, 2.24) is 10.6 Å². The Bertz CT molecular complexity index is 330. The van der Waals surface area contributed by atoms with E-state index in [2.05, 4.69) is 29.7 Å². The lowest BCUT2D eigenvalue weighted by molar-refractivity contribution is -0.121. The van der Waals surface area contributed by atoms with Crippen LogP contribution in [0.3, 0.4) is 0 Å². The van der Waals surface area contributed by atoms with Gasteiger partial charge in [0.05, 0.1) is 0 Å². The van der Waals surface area contributed by atoms with Crippen LogP contribution in [-0.4, -0.2) is 26.0 Å². The predicted molar refractivity (Wildman–Crippen MR) is 78.3 cm³/mol. The van der Waals surface area contributed by atoms with E-state index in [0.29, 0.717) is 18.9 Å². The molecule has 0 aliphatic rings. The molecule has 1 unspecified atom stereocenters. The Hall–Kier alpha value is -1.06. The van der Waals surface area contributed by atoms with Crippen LogP contribution in [0.15, 0.2) is 30.3 Å². The van der Waals surface area contributed by atoms with Crippen LogP contribution in [0.4, 0.5) is 0 Å². The average molecular weight is 271 g/mol. The Labute approximate surface area is 116 Å². The highest BCUT2D eigenvalue weighted by atomic mass is 35.5. The second kappa shape index (κ2) is 9.92. The van der Waals surface area contributed by atoms with E-state index in [1.54, 1.807) is 0 Å². The zero-order valence-corrected chi connectivity index (χ0v) is 11.9. The lowest BCUT2D eigenvalue weighted by Crippen LogP contribution is -2.31. The summed E-state index contributed by atoms with van der Waals surface area (Å²) in [6.07, 6.45) is 1.56. The maximum atomic E-state index is 11.7. The Morgan fingerprint density at radius 3 is 2.44 bits per heavy atom. The van der Waals surface area contributed by atoms with Crippen molar-refractivity contribution in [3.05, 3.63) is 35.9 Å². The van der Waals surface area contributed by atoms with E-state index in [0.717, 1.165) is 13.0 Å². The van der Waals surface area contributed by atoms with Gasteiger partial charge in [-0.25, -0.2) is 0 Å². The highest BCUT2D eigenvalue weighted by Gasteiger charge is 2.13. The number of halogens is 1. The maximum absolute atomic E-state index is 11.7. The molecule has 1 aromatic carbocycles. The molecule has 1 aromatic rings. The first-order chi connectivity index (χ1) is 8.27. The maximum Gasteiger partial charge on any atom is 0.220 e. The molecule has 0 heterocycles. The molecule has 0 fully saturated rings. The number of benzene rings is 1. The van der Waals surface area contributed by atoms with Gasteiger partial charge in [0.15, 0.2) is 0 Å². The molecule has 0 aliphatic heterocycles. The van der Waals surface area contributed by atoms with E-state index in [4.69, 9.17) is 0 Å². The highest BCUT2D eigenvalue weighted by molar-refractivity contribution is 5.85. The number of carbonyl (C=O) groups is 1. The van der Waals surface area contributed by atoms with Crippen molar-refractivity contribution >= 4 is 18.3 Å². The van der Waals surface area contributed by atoms with Crippen molar-refractivity contribution < 1.29 is 4.79 Å². The number of likely N-dealkylation sites (N-methyl/N-ethyl adjacent to an activating group) is 1. The molecule has 0 spiro atoms. The Kier molecular flexibility index (Phi) is 9.33. The van der Waals surface area contributed by atoms with Gasteiger partial charge in [0, 0.05) is 19.5 Å². The summed E-state index contributed by atoms with van der Waals surface area (Å²) in [5, 5.41) is 5.92. The van der Waals surface area contributed by atoms with Crippen LogP contribution in [-0.2, 0) is 4.79 Å². The monoisotopic (exact) mass is 270 g/mol. The van der Waals surface area contributed by atoms with Gasteiger partial charge in [-0.15, -0.1) is 12.4 Å². The molecule has 2 N–H and O–H groups in total. The zero-order valence-electron chi connectivity index (χ0n) is 11.1. The van der Waals surface area contributed by atoms with E-state index in [-0.39, 0.29) is 18.3 Å². The first-order valence-corrected chi connectivity index (χ1v) is 6.24. The Morgan fingerprint density at radius 1 is 1.22 bits per heavy atom. The number of hydrogen-bond donors (Lipinski definition) is 2. The Morgan fingerprint density at radius 2 is 1.89 bits per heavy atom. The molecule has 0 saturated heterocycles. The molecule has 102 valence electrons. The van der Waals surface area contributed by atoms with Crippen molar-refractivity contribution in [2.45, 2.75) is 25.7 Å². The van der Waals surface area contributed by atoms with Gasteiger partial charge in [-0.05, 0) is 24.9 Å². The van der Waals surface area contributed by atoms with Gasteiger partial charge in [-0.3, -0.25) is 4.79 Å². The van der Waals surface area contributed by atoms with Crippen LogP contribution >= 0.6 is 12.4 Å². The van der Waals surface area contributed by atoms with Gasteiger partial charge < -0.3 is 10.6 Å². The lowest BCUT2D eigenvalue weighted by Gasteiger charge is -2.15. The van der Waals surface area contributed by atoms with E-state index in [1.807, 2.05) is 25.2 Å². The standard InChI is InChI=1S/C14H22N2O.ClH/c1-3-12(13-7-5-4-6-8-13)11-14(17)16-10-9-15-2;/h4-8,12,15H,3,9-11H2,1-2H3,(H,16,17);1H. The van der Waals surface area contributed by atoms with Crippen molar-refractivity contribution in [2.75, 3.05) is 20.1 Å². The molecule has 0 radical (unpaired) electrons. The molecule has 3 nitrogen and oxygen atoms in total. The summed E-state index contributed by atoms with van der Waals surface area (Å²) in [5.74, 6) is 0.460. The summed E-state index contributed by atoms with van der Waals surface area (Å²) >= 11 is 0. The molecule has 0 aromatic heterocycles. The van der Waals surface area contributed by atoms with E-state index in [9.17, 15) is 4.79 Å². The van der Waals surface area contributed by atoms with Gasteiger partial charge in [-0.1, -0.05) is 37.3 Å². The molecule has 0 saturated carbocycles. The fraction of sp³-hybridized carbons (Fsp3) is 0.500. The highest BCUT2D eigenvalue weighted by Crippen LogP contribution is 2.22. The molecule has 1 atom stereocenters. The van der Waals surface area contributed by atoms with Gasteiger partial charge in [0.2, 0.25) is 5.91 Å². The van der Waals surface area contributed by atoms with Crippen molar-refractivity contribution in [3.8, 4) is 0 Å². The minimum atomic E-state index is 0. The van der Waals surface area contributed by atoms with Crippen LogP contribution in [0, 0.1) is 0 Å². The molecule has 4 heteroatoms. The summed E-state index contributed by atoms with van der Waals surface area (Å²) < 4.78 is 0. The SMILES string of the molecule is CCC(CC(=O)NCCNC)c1ccccc1.Cl. The average Bonchev–Trinajstić information content (AvgIpc) is 2.37. The topological polar surface area (TPSA) is 41.1 Å². The van der Waals surface area contributed by atoms with Crippen LogP contribution in [0.2, 0.25) is 0 Å². The molecule has 1 amide bonds. The molecule has 1 rings (SSSR count). The van der Waals surface area contributed by atoms with E-state index in [1.165, 1.54) is 5.56 Å². The predicted octanol–water partition coefficient (Wildman–Crippen LogP) is 2.33. The summed E-state index contributed by atoms with van der Waals surface area (Å²) in [7, 11) is 1.88. The van der Waals surface area contributed by atoms with Gasteiger partial charge in [-0.2, -0.15) is 0 Å². The summed E-state index contributed by atoms with van der Waals surface area (Å²) in [6, 6.07) is 10.2. The van der Waals surface area contributed by atoms with Crippen LogP contribution < -0.4 is 10.6 Å². The third kappa shape index (κ3) is 6.03. The molecular weight excluding hydrogens is 248 g/mol. The lowest BCUT2D eigenvalue weighted by atomic mass is 9.93. The third-order valence-corrected chi connectivity index (χ3v) is 2.89. The molecule has 0 bridgehead atoms. The first-order valence-electron chi connectivity index (χ1n) is 6.24. The van der Waals surface area contributed by atoms with E-state index >= 15 is 0 Å². The van der Waals surface area contributed by atoms with Gasteiger partial charge >= 0.3 is 0 Å². The third-order valence-electron chi connectivity index (χ3n) is 2.89. The van der Waals surface area contributed by atoms with Crippen molar-refractivity contribution in [3.63, 3.8) is 0 Å². The van der Waals surface area contributed by atoms with Gasteiger partial charge in [0.1, 0.15) is 0 Å². The fourth-order valence-corrected chi connectivity index (χ4v) is 1.85. The summed E-state index contributed by atoms with van der Waals surface area (Å²) in [6.45, 7) is 3.63. The van der Waals surface area contributed by atoms with Crippen molar-refractivity contribution in [2.24, 2.45) is 0 Å². The van der Waals surface area contributed by atoms with Gasteiger partial charge in [0.25, 0.3) is 0 Å². The number of rotatable bonds is 7. The first kappa shape index (κ1) is 16.9. The zero-order chi connectivity index (χ0) is 12.5. The largest absolute Gasteiger partial charge is 0.355 e. The number of hydrogen-bond acceptors (Lipinski definition) is 2. The smallest absolute Gasteiger partial charge is 0.220 e. The van der Waals surface area contributed by atoms with Crippen LogP contribution in [0.25, 0.3) is 0 Å². The van der Waals surface area contributed by atoms with E-state index < -0.39 is 0 Å². The summed E-state index contributed by atoms with van der Waals surface area (Å²) in [5.41, 5.74) is 1.25. The van der Waals surface area contributed by atoms with Crippen LogP contribution in [0.1, 0.15) is 31.2 Å². The number of amides is 1. The fourth-order valence-electron chi connectivity index (χ4n) is 1.85. The second-order valence-electron chi connectivity index (χ2n) is 4.17.